The van der Waals surface area contributed by atoms with Crippen LogP contribution in [0, 0.1) is 0 Å². The van der Waals surface area contributed by atoms with E-state index in [1.807, 2.05) is 38.1 Å². The van der Waals surface area contributed by atoms with Crippen molar-refractivity contribution in [2.45, 2.75) is 19.3 Å². The zero-order valence-corrected chi connectivity index (χ0v) is 13.8. The smallest absolute Gasteiger partial charge is 0.255 e. The van der Waals surface area contributed by atoms with Crippen LogP contribution in [0.25, 0.3) is 0 Å². The van der Waals surface area contributed by atoms with Crippen molar-refractivity contribution in [3.05, 3.63) is 58.1 Å². The van der Waals surface area contributed by atoms with Crippen LogP contribution in [0.4, 0.5) is 11.4 Å². The molecule has 0 radical (unpaired) electrons. The van der Waals surface area contributed by atoms with Crippen molar-refractivity contribution in [1.29, 1.82) is 0 Å². The van der Waals surface area contributed by atoms with Gasteiger partial charge in [-0.05, 0) is 55.8 Å². The molecule has 2 amide bonds. The molecule has 1 aliphatic heterocycles. The highest BCUT2D eigenvalue weighted by Crippen LogP contribution is 2.38. The van der Waals surface area contributed by atoms with Gasteiger partial charge < -0.3 is 10.6 Å². The Hall–Kier alpha value is -2.14. The van der Waals surface area contributed by atoms with E-state index in [9.17, 15) is 9.59 Å². The number of hydrogen-bond donors (Lipinski definition) is 2. The molecule has 0 saturated heterocycles. The van der Waals surface area contributed by atoms with Crippen LogP contribution in [0.3, 0.4) is 0 Å². The van der Waals surface area contributed by atoms with Gasteiger partial charge in [0.15, 0.2) is 0 Å². The van der Waals surface area contributed by atoms with Crippen molar-refractivity contribution in [2.24, 2.45) is 0 Å². The summed E-state index contributed by atoms with van der Waals surface area (Å²) in [5, 5.41) is 5.72. The molecule has 3 rings (SSSR count). The van der Waals surface area contributed by atoms with E-state index in [-0.39, 0.29) is 11.8 Å². The maximum atomic E-state index is 12.3. The Labute approximate surface area is 137 Å². The van der Waals surface area contributed by atoms with Crippen molar-refractivity contribution in [1.82, 2.24) is 0 Å². The molecule has 0 bridgehead atoms. The van der Waals surface area contributed by atoms with Crippen LogP contribution in [0.5, 0.6) is 0 Å². The first kappa shape index (κ1) is 14.8. The second kappa shape index (κ2) is 5.25. The van der Waals surface area contributed by atoms with E-state index in [1.165, 1.54) is 0 Å². The van der Waals surface area contributed by atoms with E-state index < -0.39 is 5.41 Å². The summed E-state index contributed by atoms with van der Waals surface area (Å²) in [6.45, 7) is 3.74. The number of carbonyl (C=O) groups is 2. The third-order valence-corrected chi connectivity index (χ3v) is 4.35. The van der Waals surface area contributed by atoms with E-state index in [1.54, 1.807) is 18.2 Å². The van der Waals surface area contributed by atoms with Crippen LogP contribution in [-0.4, -0.2) is 11.8 Å². The highest BCUT2D eigenvalue weighted by atomic mass is 79.9. The molecule has 0 spiro atoms. The van der Waals surface area contributed by atoms with E-state index in [0.29, 0.717) is 11.3 Å². The molecule has 4 nitrogen and oxygen atoms in total. The summed E-state index contributed by atoms with van der Waals surface area (Å²) < 4.78 is 0.852. The van der Waals surface area contributed by atoms with E-state index in [0.717, 1.165) is 15.7 Å². The molecule has 1 aliphatic rings. The highest BCUT2D eigenvalue weighted by molar-refractivity contribution is 9.10. The van der Waals surface area contributed by atoms with Crippen molar-refractivity contribution in [3.63, 3.8) is 0 Å². The molecule has 0 aromatic heterocycles. The predicted octanol–water partition coefficient (Wildman–Crippen LogP) is 3.93. The fourth-order valence-corrected chi connectivity index (χ4v) is 2.88. The van der Waals surface area contributed by atoms with E-state index >= 15 is 0 Å². The van der Waals surface area contributed by atoms with Gasteiger partial charge >= 0.3 is 0 Å². The van der Waals surface area contributed by atoms with Crippen molar-refractivity contribution < 1.29 is 9.59 Å². The topological polar surface area (TPSA) is 58.2 Å². The lowest BCUT2D eigenvalue weighted by molar-refractivity contribution is -0.119. The van der Waals surface area contributed by atoms with Gasteiger partial charge in [-0.15, -0.1) is 0 Å². The molecular formula is C17H15BrN2O2. The molecule has 0 unspecified atom stereocenters. The summed E-state index contributed by atoms with van der Waals surface area (Å²) in [5.41, 5.74) is 2.35. The Morgan fingerprint density at radius 3 is 2.68 bits per heavy atom. The Morgan fingerprint density at radius 2 is 1.95 bits per heavy atom. The zero-order chi connectivity index (χ0) is 15.9. The molecule has 22 heavy (non-hydrogen) atoms. The average molecular weight is 359 g/mol. The largest absolute Gasteiger partial charge is 0.325 e. The lowest BCUT2D eigenvalue weighted by atomic mass is 9.86. The Kier molecular flexibility index (Phi) is 3.53. The minimum absolute atomic E-state index is 0.0297. The summed E-state index contributed by atoms with van der Waals surface area (Å²) in [6, 6.07) is 12.7. The molecule has 0 fully saturated rings. The number of rotatable bonds is 2. The molecule has 2 aromatic rings. The minimum Gasteiger partial charge on any atom is -0.325 e. The summed E-state index contributed by atoms with van der Waals surface area (Å²) >= 11 is 3.35. The van der Waals surface area contributed by atoms with E-state index in [2.05, 4.69) is 26.6 Å². The van der Waals surface area contributed by atoms with Crippen LogP contribution in [0.2, 0.25) is 0 Å². The maximum absolute atomic E-state index is 12.3. The molecule has 0 aliphatic carbocycles. The van der Waals surface area contributed by atoms with Gasteiger partial charge in [0.2, 0.25) is 5.91 Å². The summed E-state index contributed by atoms with van der Waals surface area (Å²) in [6.07, 6.45) is 0. The van der Waals surface area contributed by atoms with Crippen molar-refractivity contribution in [2.75, 3.05) is 10.6 Å². The first-order valence-electron chi connectivity index (χ1n) is 6.91. The maximum Gasteiger partial charge on any atom is 0.255 e. The molecule has 2 N–H and O–H groups in total. The van der Waals surface area contributed by atoms with Crippen LogP contribution in [-0.2, 0) is 10.2 Å². The fourth-order valence-electron chi connectivity index (χ4n) is 2.48. The Balaban J connectivity index is 1.87. The summed E-state index contributed by atoms with van der Waals surface area (Å²) in [4.78, 5) is 24.2. The van der Waals surface area contributed by atoms with E-state index in [4.69, 9.17) is 0 Å². The number of carbonyl (C=O) groups excluding carboxylic acids is 2. The number of hydrogen-bond acceptors (Lipinski definition) is 2. The zero-order valence-electron chi connectivity index (χ0n) is 12.2. The molecule has 5 heteroatoms. The monoisotopic (exact) mass is 358 g/mol. The quantitative estimate of drug-likeness (QED) is 0.854. The van der Waals surface area contributed by atoms with Crippen molar-refractivity contribution >= 4 is 39.1 Å². The number of fused-ring (bicyclic) bond motifs is 1. The van der Waals surface area contributed by atoms with Crippen molar-refractivity contribution in [3.8, 4) is 0 Å². The first-order chi connectivity index (χ1) is 10.4. The molecule has 112 valence electrons. The number of nitrogens with one attached hydrogen (secondary N) is 2. The van der Waals surface area contributed by atoms with Crippen LogP contribution >= 0.6 is 15.9 Å². The number of amides is 2. The third kappa shape index (κ3) is 2.52. The predicted molar refractivity (Wildman–Crippen MR) is 90.2 cm³/mol. The highest BCUT2D eigenvalue weighted by Gasteiger charge is 2.38. The van der Waals surface area contributed by atoms with Gasteiger partial charge in [0.25, 0.3) is 5.91 Å². The minimum atomic E-state index is -0.591. The first-order valence-corrected chi connectivity index (χ1v) is 7.70. The normalized spacial score (nSPS) is 15.1. The fraction of sp³-hybridized carbons (Fsp3) is 0.176. The van der Waals surface area contributed by atoms with Crippen LogP contribution < -0.4 is 10.6 Å². The van der Waals surface area contributed by atoms with Gasteiger partial charge in [0, 0.05) is 21.4 Å². The summed E-state index contributed by atoms with van der Waals surface area (Å²) in [5.74, 6) is -0.214. The lowest BCUT2D eigenvalue weighted by Gasteiger charge is -2.16. The van der Waals surface area contributed by atoms with Gasteiger partial charge in [-0.1, -0.05) is 22.0 Å². The molecule has 0 atom stereocenters. The summed E-state index contributed by atoms with van der Waals surface area (Å²) in [7, 11) is 0. The Morgan fingerprint density at radius 1 is 1.18 bits per heavy atom. The van der Waals surface area contributed by atoms with Crippen LogP contribution in [0.15, 0.2) is 46.9 Å². The molecule has 2 aromatic carbocycles. The number of halogens is 1. The van der Waals surface area contributed by atoms with Gasteiger partial charge in [0.05, 0.1) is 5.41 Å². The molecular weight excluding hydrogens is 344 g/mol. The molecule has 1 heterocycles. The number of benzene rings is 2. The van der Waals surface area contributed by atoms with Gasteiger partial charge in [-0.2, -0.15) is 0 Å². The second-order valence-electron chi connectivity index (χ2n) is 5.80. The van der Waals surface area contributed by atoms with Crippen LogP contribution in [0.1, 0.15) is 29.8 Å². The molecule has 0 saturated carbocycles. The third-order valence-electron chi connectivity index (χ3n) is 3.85. The second-order valence-corrected chi connectivity index (χ2v) is 6.72. The van der Waals surface area contributed by atoms with Gasteiger partial charge in [-0.3, -0.25) is 9.59 Å². The SMILES string of the molecule is CC1(C)C(=O)Nc2ccc(NC(=O)c3cccc(Br)c3)cc21. The lowest BCUT2D eigenvalue weighted by Crippen LogP contribution is -2.26. The number of anilines is 2. The van der Waals surface area contributed by atoms with Gasteiger partial charge in [0.1, 0.15) is 0 Å². The van der Waals surface area contributed by atoms with Gasteiger partial charge in [-0.25, -0.2) is 0 Å². The average Bonchev–Trinajstić information content (AvgIpc) is 2.70. The standard InChI is InChI=1S/C17H15BrN2O2/c1-17(2)13-9-12(6-7-14(13)20-16(17)22)19-15(21)10-4-3-5-11(18)8-10/h3-9H,1-2H3,(H,19,21)(H,20,22). The Bertz CT molecular complexity index is 784.